The van der Waals surface area contributed by atoms with E-state index in [9.17, 15) is 4.79 Å². The van der Waals surface area contributed by atoms with Crippen LogP contribution in [-0.4, -0.2) is 28.2 Å². The van der Waals surface area contributed by atoms with Crippen LogP contribution in [0, 0.1) is 0 Å². The van der Waals surface area contributed by atoms with Gasteiger partial charge in [0, 0.05) is 18.2 Å². The molecular weight excluding hydrogens is 258 g/mol. The molecule has 2 aromatic rings. The molecule has 0 fully saturated rings. The lowest BCUT2D eigenvalue weighted by molar-refractivity contribution is 0.101. The molecule has 0 unspecified atom stereocenters. The quantitative estimate of drug-likeness (QED) is 0.719. The Kier molecular flexibility index (Phi) is 4.19. The van der Waals surface area contributed by atoms with E-state index in [1.807, 2.05) is 6.92 Å². The third kappa shape index (κ3) is 3.05. The van der Waals surface area contributed by atoms with Gasteiger partial charge in [-0.1, -0.05) is 6.92 Å². The fourth-order valence-corrected chi connectivity index (χ4v) is 1.72. The van der Waals surface area contributed by atoms with Crippen molar-refractivity contribution >= 4 is 17.3 Å². The number of rotatable bonds is 5. The van der Waals surface area contributed by atoms with E-state index in [4.69, 9.17) is 10.5 Å². The third-order valence-electron chi connectivity index (χ3n) is 2.71. The minimum absolute atomic E-state index is 0.115. The lowest BCUT2D eigenvalue weighted by Gasteiger charge is -2.07. The van der Waals surface area contributed by atoms with E-state index in [2.05, 4.69) is 20.5 Å². The number of ether oxygens (including phenoxy) is 1. The van der Waals surface area contributed by atoms with E-state index in [1.165, 1.54) is 7.11 Å². The summed E-state index contributed by atoms with van der Waals surface area (Å²) in [6.07, 6.45) is 1.70. The molecule has 0 saturated heterocycles. The van der Waals surface area contributed by atoms with Crippen LogP contribution >= 0.6 is 0 Å². The minimum Gasteiger partial charge on any atom is -0.495 e. The highest BCUT2D eigenvalue weighted by Crippen LogP contribution is 2.25. The fraction of sp³-hybridized carbons (Fsp3) is 0.308. The van der Waals surface area contributed by atoms with E-state index in [0.29, 0.717) is 22.9 Å². The Hall–Kier alpha value is -2.57. The lowest BCUT2D eigenvalue weighted by atomic mass is 10.2. The van der Waals surface area contributed by atoms with Crippen LogP contribution in [0.2, 0.25) is 0 Å². The second-order valence-corrected chi connectivity index (χ2v) is 4.27. The molecule has 7 nitrogen and oxygen atoms in total. The molecule has 0 bridgehead atoms. The Labute approximate surface area is 116 Å². The molecule has 0 radical (unpaired) electrons. The average molecular weight is 275 g/mol. The van der Waals surface area contributed by atoms with E-state index in [1.54, 1.807) is 18.2 Å². The number of methoxy groups -OCH3 is 1. The summed E-state index contributed by atoms with van der Waals surface area (Å²) in [5.41, 5.74) is 6.79. The summed E-state index contributed by atoms with van der Waals surface area (Å²) in [5.74, 6) is 0.941. The van der Waals surface area contributed by atoms with Crippen LogP contribution in [-0.2, 0) is 6.42 Å². The summed E-state index contributed by atoms with van der Waals surface area (Å²) in [7, 11) is 1.52. The molecule has 20 heavy (non-hydrogen) atoms. The Balaban J connectivity index is 2.10. The van der Waals surface area contributed by atoms with Crippen molar-refractivity contribution in [2.75, 3.05) is 18.2 Å². The number of hydrogen-bond donors (Lipinski definition) is 3. The number of benzene rings is 1. The molecule has 1 aromatic heterocycles. The number of anilines is 2. The topological polar surface area (TPSA) is 106 Å². The lowest BCUT2D eigenvalue weighted by Crippen LogP contribution is -2.14. The summed E-state index contributed by atoms with van der Waals surface area (Å²) in [5, 5.41) is 9.32. The van der Waals surface area contributed by atoms with Gasteiger partial charge in [0.1, 0.15) is 11.6 Å². The van der Waals surface area contributed by atoms with E-state index < -0.39 is 0 Å². The Bertz CT molecular complexity index is 609. The molecule has 2 rings (SSSR count). The number of carbonyl (C=O) groups excluding carboxylic acids is 1. The van der Waals surface area contributed by atoms with Crippen molar-refractivity contribution in [1.82, 2.24) is 15.2 Å². The molecule has 1 amide bonds. The van der Waals surface area contributed by atoms with Gasteiger partial charge >= 0.3 is 0 Å². The first-order chi connectivity index (χ1) is 9.63. The third-order valence-corrected chi connectivity index (χ3v) is 2.71. The predicted molar refractivity (Wildman–Crippen MR) is 75.7 cm³/mol. The van der Waals surface area contributed by atoms with Crippen molar-refractivity contribution in [3.63, 3.8) is 0 Å². The molecule has 0 spiro atoms. The molecular formula is C13H17N5O2. The van der Waals surface area contributed by atoms with Gasteiger partial charge in [0.05, 0.1) is 12.8 Å². The van der Waals surface area contributed by atoms with E-state index in [0.717, 1.165) is 12.8 Å². The van der Waals surface area contributed by atoms with Gasteiger partial charge in [0.15, 0.2) is 0 Å². The maximum absolute atomic E-state index is 12.0. The normalized spacial score (nSPS) is 10.3. The van der Waals surface area contributed by atoms with Gasteiger partial charge in [0.25, 0.3) is 5.91 Å². The van der Waals surface area contributed by atoms with Crippen LogP contribution in [0.15, 0.2) is 18.2 Å². The molecule has 4 N–H and O–H groups in total. The Morgan fingerprint density at radius 2 is 2.30 bits per heavy atom. The zero-order chi connectivity index (χ0) is 14.5. The van der Waals surface area contributed by atoms with Crippen LogP contribution in [0.1, 0.15) is 29.8 Å². The van der Waals surface area contributed by atoms with Gasteiger partial charge in [-0.15, -0.1) is 5.10 Å². The fourth-order valence-electron chi connectivity index (χ4n) is 1.72. The summed E-state index contributed by atoms with van der Waals surface area (Å²) >= 11 is 0. The number of aryl methyl sites for hydroxylation is 1. The minimum atomic E-state index is -0.379. The molecule has 7 heteroatoms. The van der Waals surface area contributed by atoms with Crippen LogP contribution in [0.4, 0.5) is 11.4 Å². The number of aromatic amines is 1. The van der Waals surface area contributed by atoms with Crippen molar-refractivity contribution in [2.24, 2.45) is 0 Å². The van der Waals surface area contributed by atoms with Crippen molar-refractivity contribution in [3.05, 3.63) is 29.8 Å². The summed E-state index contributed by atoms with van der Waals surface area (Å²) in [4.78, 5) is 16.1. The largest absolute Gasteiger partial charge is 0.495 e. The number of H-pyrrole nitrogens is 1. The van der Waals surface area contributed by atoms with Crippen LogP contribution in [0.3, 0.4) is 0 Å². The number of nitrogen functional groups attached to an aromatic ring is 1. The number of aromatic nitrogens is 3. The zero-order valence-corrected chi connectivity index (χ0v) is 11.4. The molecule has 0 aliphatic heterocycles. The molecule has 0 saturated carbocycles. The maximum atomic E-state index is 12.0. The first-order valence-electron chi connectivity index (χ1n) is 6.30. The monoisotopic (exact) mass is 275 g/mol. The molecule has 0 atom stereocenters. The first-order valence-corrected chi connectivity index (χ1v) is 6.30. The van der Waals surface area contributed by atoms with Gasteiger partial charge < -0.3 is 15.8 Å². The van der Waals surface area contributed by atoms with E-state index >= 15 is 0 Å². The summed E-state index contributed by atoms with van der Waals surface area (Å²) in [6.45, 7) is 2.03. The molecule has 106 valence electrons. The van der Waals surface area contributed by atoms with Gasteiger partial charge in [0.2, 0.25) is 5.82 Å². The highest BCUT2D eigenvalue weighted by molar-refractivity contribution is 6.01. The molecule has 0 aliphatic rings. The Morgan fingerprint density at radius 3 is 3.00 bits per heavy atom. The van der Waals surface area contributed by atoms with Crippen molar-refractivity contribution in [1.29, 1.82) is 0 Å². The summed E-state index contributed by atoms with van der Waals surface area (Å²) in [6, 6.07) is 5.00. The highest BCUT2D eigenvalue weighted by Gasteiger charge is 2.13. The average Bonchev–Trinajstić information content (AvgIpc) is 2.90. The highest BCUT2D eigenvalue weighted by atomic mass is 16.5. The van der Waals surface area contributed by atoms with Crippen LogP contribution < -0.4 is 15.8 Å². The predicted octanol–water partition coefficient (Wildman–Crippen LogP) is 1.60. The molecule has 1 aromatic carbocycles. The second-order valence-electron chi connectivity index (χ2n) is 4.27. The van der Waals surface area contributed by atoms with Crippen LogP contribution in [0.25, 0.3) is 0 Å². The number of nitrogens with two attached hydrogens (primary N) is 1. The SMILES string of the molecule is CCCc1nc(C(=O)Nc2ccc(N)c(OC)c2)n[nH]1. The van der Waals surface area contributed by atoms with Crippen molar-refractivity contribution < 1.29 is 9.53 Å². The van der Waals surface area contributed by atoms with Crippen molar-refractivity contribution in [2.45, 2.75) is 19.8 Å². The first kappa shape index (κ1) is 13.9. The van der Waals surface area contributed by atoms with Crippen LogP contribution in [0.5, 0.6) is 5.75 Å². The molecule has 0 aliphatic carbocycles. The molecule has 1 heterocycles. The van der Waals surface area contributed by atoms with Gasteiger partial charge in [-0.25, -0.2) is 4.98 Å². The standard InChI is InChI=1S/C13H17N5O2/c1-3-4-11-16-12(18-17-11)13(19)15-8-5-6-9(14)10(7-8)20-2/h5-7H,3-4,14H2,1-2H3,(H,15,19)(H,16,17,18). The van der Waals surface area contributed by atoms with Crippen molar-refractivity contribution in [3.8, 4) is 5.75 Å². The second kappa shape index (κ2) is 6.05. The van der Waals surface area contributed by atoms with Gasteiger partial charge in [-0.2, -0.15) is 0 Å². The number of nitrogens with one attached hydrogen (secondary N) is 2. The summed E-state index contributed by atoms with van der Waals surface area (Å²) < 4.78 is 5.10. The number of amides is 1. The zero-order valence-electron chi connectivity index (χ0n) is 11.4. The van der Waals surface area contributed by atoms with Gasteiger partial charge in [-0.05, 0) is 18.6 Å². The Morgan fingerprint density at radius 1 is 1.50 bits per heavy atom. The number of hydrogen-bond acceptors (Lipinski definition) is 5. The number of nitrogens with zero attached hydrogens (tertiary/aromatic N) is 2. The smallest absolute Gasteiger partial charge is 0.295 e. The number of carbonyl (C=O) groups is 1. The maximum Gasteiger partial charge on any atom is 0.295 e. The van der Waals surface area contributed by atoms with E-state index in [-0.39, 0.29) is 11.7 Å². The van der Waals surface area contributed by atoms with Gasteiger partial charge in [-0.3, -0.25) is 9.89 Å².